The molecule has 146 valence electrons. The molecule has 2 N–H and O–H groups in total. The van der Waals surface area contributed by atoms with E-state index in [1.54, 1.807) is 30.0 Å². The minimum absolute atomic E-state index is 0.0848. The fourth-order valence-electron chi connectivity index (χ4n) is 3.37. The van der Waals surface area contributed by atoms with E-state index in [-0.39, 0.29) is 17.7 Å². The van der Waals surface area contributed by atoms with Crippen LogP contribution in [0, 0.1) is 6.92 Å². The van der Waals surface area contributed by atoms with Crippen molar-refractivity contribution in [2.75, 3.05) is 10.6 Å². The van der Waals surface area contributed by atoms with Gasteiger partial charge < -0.3 is 15.5 Å². The SMILES string of the molecule is CCC(=O)Nc1cc(NC(=O)C(CC)N2Cc3ccccc3C2=O)ccc1C. The molecule has 6 nitrogen and oxygen atoms in total. The predicted molar refractivity (Wildman–Crippen MR) is 109 cm³/mol. The molecule has 2 aromatic carbocycles. The number of nitrogens with one attached hydrogen (secondary N) is 2. The van der Waals surface area contributed by atoms with Gasteiger partial charge in [-0.25, -0.2) is 0 Å². The lowest BCUT2D eigenvalue weighted by atomic mass is 10.1. The summed E-state index contributed by atoms with van der Waals surface area (Å²) in [5, 5.41) is 5.73. The molecule has 0 fully saturated rings. The van der Waals surface area contributed by atoms with Crippen molar-refractivity contribution < 1.29 is 14.4 Å². The summed E-state index contributed by atoms with van der Waals surface area (Å²) in [5.41, 5.74) is 3.77. The Balaban J connectivity index is 1.76. The monoisotopic (exact) mass is 379 g/mol. The van der Waals surface area contributed by atoms with Gasteiger partial charge >= 0.3 is 0 Å². The molecule has 1 unspecified atom stereocenters. The van der Waals surface area contributed by atoms with Crippen LogP contribution in [0.3, 0.4) is 0 Å². The van der Waals surface area contributed by atoms with Crippen molar-refractivity contribution in [2.24, 2.45) is 0 Å². The molecule has 0 spiro atoms. The molecule has 6 heteroatoms. The van der Waals surface area contributed by atoms with E-state index in [4.69, 9.17) is 0 Å². The highest BCUT2D eigenvalue weighted by atomic mass is 16.2. The van der Waals surface area contributed by atoms with E-state index < -0.39 is 6.04 Å². The number of hydrogen-bond acceptors (Lipinski definition) is 3. The highest BCUT2D eigenvalue weighted by Gasteiger charge is 2.35. The van der Waals surface area contributed by atoms with E-state index in [1.807, 2.05) is 38.1 Å². The van der Waals surface area contributed by atoms with Crippen molar-refractivity contribution in [1.82, 2.24) is 4.90 Å². The van der Waals surface area contributed by atoms with E-state index in [1.165, 1.54) is 0 Å². The number of aryl methyl sites for hydroxylation is 1. The second-order valence-corrected chi connectivity index (χ2v) is 6.93. The Bertz CT molecular complexity index is 923. The molecule has 3 rings (SSSR count). The number of anilines is 2. The molecule has 0 aliphatic carbocycles. The summed E-state index contributed by atoms with van der Waals surface area (Å²) < 4.78 is 0. The summed E-state index contributed by atoms with van der Waals surface area (Å²) in [7, 11) is 0. The van der Waals surface area contributed by atoms with Crippen molar-refractivity contribution in [3.63, 3.8) is 0 Å². The Morgan fingerprint density at radius 2 is 1.86 bits per heavy atom. The topological polar surface area (TPSA) is 78.5 Å². The second-order valence-electron chi connectivity index (χ2n) is 6.93. The fourth-order valence-corrected chi connectivity index (χ4v) is 3.37. The van der Waals surface area contributed by atoms with Gasteiger partial charge in [0.2, 0.25) is 11.8 Å². The quantitative estimate of drug-likeness (QED) is 0.803. The van der Waals surface area contributed by atoms with E-state index in [9.17, 15) is 14.4 Å². The van der Waals surface area contributed by atoms with Crippen molar-refractivity contribution in [1.29, 1.82) is 0 Å². The van der Waals surface area contributed by atoms with Crippen LogP contribution in [-0.4, -0.2) is 28.7 Å². The van der Waals surface area contributed by atoms with Crippen LogP contribution in [-0.2, 0) is 16.1 Å². The molecule has 0 saturated carbocycles. The van der Waals surface area contributed by atoms with Gasteiger partial charge in [-0.2, -0.15) is 0 Å². The fraction of sp³-hybridized carbons (Fsp3) is 0.318. The van der Waals surface area contributed by atoms with Crippen LogP contribution < -0.4 is 10.6 Å². The van der Waals surface area contributed by atoms with Gasteiger partial charge in [-0.05, 0) is 42.7 Å². The minimum Gasteiger partial charge on any atom is -0.326 e. The van der Waals surface area contributed by atoms with Gasteiger partial charge in [0.05, 0.1) is 0 Å². The van der Waals surface area contributed by atoms with Crippen LogP contribution in [0.4, 0.5) is 11.4 Å². The maximum absolute atomic E-state index is 12.9. The Morgan fingerprint density at radius 1 is 1.11 bits per heavy atom. The zero-order valence-corrected chi connectivity index (χ0v) is 16.4. The zero-order chi connectivity index (χ0) is 20.3. The first-order valence-corrected chi connectivity index (χ1v) is 9.54. The third-order valence-electron chi connectivity index (χ3n) is 5.02. The Hall–Kier alpha value is -3.15. The van der Waals surface area contributed by atoms with Gasteiger partial charge in [-0.1, -0.05) is 38.1 Å². The number of hydrogen-bond donors (Lipinski definition) is 2. The number of carbonyl (C=O) groups is 3. The normalized spacial score (nSPS) is 13.8. The van der Waals surface area contributed by atoms with Gasteiger partial charge in [0.25, 0.3) is 5.91 Å². The molecular formula is C22H25N3O3. The maximum atomic E-state index is 12.9. The standard InChI is InChI=1S/C22H25N3O3/c1-4-19(25-13-15-8-6-7-9-17(15)22(25)28)21(27)23-16-11-10-14(3)18(12-16)24-20(26)5-2/h6-12,19H,4-5,13H2,1-3H3,(H,23,27)(H,24,26). The number of carbonyl (C=O) groups excluding carboxylic acids is 3. The highest BCUT2D eigenvalue weighted by molar-refractivity contribution is 6.03. The molecule has 28 heavy (non-hydrogen) atoms. The van der Waals surface area contributed by atoms with Crippen molar-refractivity contribution in [3.8, 4) is 0 Å². The molecule has 1 heterocycles. The van der Waals surface area contributed by atoms with Crippen LogP contribution in [0.25, 0.3) is 0 Å². The molecule has 1 aliphatic heterocycles. The van der Waals surface area contributed by atoms with Crippen molar-refractivity contribution in [3.05, 3.63) is 59.2 Å². The van der Waals surface area contributed by atoms with E-state index >= 15 is 0 Å². The van der Waals surface area contributed by atoms with Gasteiger partial charge in [-0.3, -0.25) is 14.4 Å². The summed E-state index contributed by atoms with van der Waals surface area (Å²) in [4.78, 5) is 38.9. The van der Waals surface area contributed by atoms with Crippen molar-refractivity contribution in [2.45, 2.75) is 46.2 Å². The smallest absolute Gasteiger partial charge is 0.255 e. The number of rotatable bonds is 6. The summed E-state index contributed by atoms with van der Waals surface area (Å²) in [6.45, 7) is 6.01. The Morgan fingerprint density at radius 3 is 2.54 bits per heavy atom. The van der Waals surface area contributed by atoms with Gasteiger partial charge in [0.1, 0.15) is 6.04 Å². The lowest BCUT2D eigenvalue weighted by molar-refractivity contribution is -0.120. The molecule has 0 radical (unpaired) electrons. The summed E-state index contributed by atoms with van der Waals surface area (Å²) >= 11 is 0. The van der Waals surface area contributed by atoms with Gasteiger partial charge in [0.15, 0.2) is 0 Å². The molecule has 0 saturated heterocycles. The first-order chi connectivity index (χ1) is 13.4. The van der Waals surface area contributed by atoms with E-state index in [0.717, 1.165) is 11.1 Å². The number of amides is 3. The van der Waals surface area contributed by atoms with Crippen LogP contribution in [0.2, 0.25) is 0 Å². The Labute approximate surface area is 164 Å². The van der Waals surface area contributed by atoms with E-state index in [2.05, 4.69) is 10.6 Å². The number of nitrogens with zero attached hydrogens (tertiary/aromatic N) is 1. The van der Waals surface area contributed by atoms with E-state index in [0.29, 0.717) is 36.3 Å². The number of fused-ring (bicyclic) bond motifs is 1. The van der Waals surface area contributed by atoms with Crippen LogP contribution in [0.15, 0.2) is 42.5 Å². The first-order valence-electron chi connectivity index (χ1n) is 9.54. The molecule has 1 aliphatic rings. The third-order valence-corrected chi connectivity index (χ3v) is 5.02. The molecule has 0 bridgehead atoms. The van der Waals surface area contributed by atoms with Gasteiger partial charge in [0, 0.05) is 29.9 Å². The lowest BCUT2D eigenvalue weighted by Crippen LogP contribution is -2.43. The summed E-state index contributed by atoms with van der Waals surface area (Å²) in [6, 6.07) is 12.3. The zero-order valence-electron chi connectivity index (χ0n) is 16.4. The minimum atomic E-state index is -0.560. The molecule has 0 aromatic heterocycles. The Kier molecular flexibility index (Phi) is 5.78. The first kappa shape index (κ1) is 19.6. The summed E-state index contributed by atoms with van der Waals surface area (Å²) in [5.74, 6) is -0.434. The molecular weight excluding hydrogens is 354 g/mol. The largest absolute Gasteiger partial charge is 0.326 e. The third kappa shape index (κ3) is 3.91. The average molecular weight is 379 g/mol. The maximum Gasteiger partial charge on any atom is 0.255 e. The van der Waals surface area contributed by atoms with Crippen LogP contribution in [0.1, 0.15) is 48.2 Å². The average Bonchev–Trinajstić information content (AvgIpc) is 3.01. The number of benzene rings is 2. The summed E-state index contributed by atoms with van der Waals surface area (Å²) in [6.07, 6.45) is 0.891. The molecule has 2 aromatic rings. The lowest BCUT2D eigenvalue weighted by Gasteiger charge is -2.26. The second kappa shape index (κ2) is 8.25. The van der Waals surface area contributed by atoms with Crippen LogP contribution >= 0.6 is 0 Å². The van der Waals surface area contributed by atoms with Crippen LogP contribution in [0.5, 0.6) is 0 Å². The van der Waals surface area contributed by atoms with Crippen molar-refractivity contribution >= 4 is 29.1 Å². The van der Waals surface area contributed by atoms with Gasteiger partial charge in [-0.15, -0.1) is 0 Å². The highest BCUT2D eigenvalue weighted by Crippen LogP contribution is 2.26. The molecule has 1 atom stereocenters. The predicted octanol–water partition coefficient (Wildman–Crippen LogP) is 3.72. The molecule has 3 amide bonds.